The van der Waals surface area contributed by atoms with Gasteiger partial charge in [-0.15, -0.1) is 0 Å². The lowest BCUT2D eigenvalue weighted by Gasteiger charge is -2.40. The number of carbonyl (C=O) groups is 9. The fourth-order valence-corrected chi connectivity index (χ4v) is 7.77. The summed E-state index contributed by atoms with van der Waals surface area (Å²) in [5.41, 5.74) is 5.97. The van der Waals surface area contributed by atoms with E-state index in [0.717, 1.165) is 0 Å². The minimum Gasteiger partial charge on any atom is -0.508 e. The Balaban J connectivity index is 2.25. The highest BCUT2D eigenvalue weighted by Crippen LogP contribution is 2.25. The molecule has 7 amide bonds. The van der Waals surface area contributed by atoms with Crippen LogP contribution in [0.2, 0.25) is 0 Å². The van der Waals surface area contributed by atoms with Crippen molar-refractivity contribution in [2.75, 3.05) is 7.05 Å². The van der Waals surface area contributed by atoms with Crippen molar-refractivity contribution >= 4 is 53.1 Å². The summed E-state index contributed by atoms with van der Waals surface area (Å²) in [5, 5.41) is 20.9. The van der Waals surface area contributed by atoms with E-state index in [9.17, 15) is 48.3 Å². The van der Waals surface area contributed by atoms with E-state index < -0.39 is 113 Å². The fraction of sp³-hybridized carbons (Fsp3) is 0.638. The van der Waals surface area contributed by atoms with Gasteiger partial charge in [0.2, 0.25) is 41.4 Å². The Morgan fingerprint density at radius 1 is 0.877 bits per heavy atom. The lowest BCUT2D eigenvalue weighted by atomic mass is 9.91. The fourth-order valence-electron chi connectivity index (χ4n) is 7.77. The lowest BCUT2D eigenvalue weighted by Crippen LogP contribution is -2.62. The molecule has 360 valence electrons. The maximum atomic E-state index is 14.8. The number of rotatable bonds is 16. The Morgan fingerprint density at radius 2 is 1.51 bits per heavy atom. The van der Waals surface area contributed by atoms with E-state index in [2.05, 4.69) is 21.3 Å². The zero-order chi connectivity index (χ0) is 48.9. The van der Waals surface area contributed by atoms with Crippen LogP contribution in [0.3, 0.4) is 0 Å². The maximum Gasteiger partial charge on any atom is 0.329 e. The van der Waals surface area contributed by atoms with Crippen LogP contribution in [0.1, 0.15) is 113 Å². The van der Waals surface area contributed by atoms with E-state index in [4.69, 9.17) is 10.5 Å². The number of nitrogens with zero attached hydrogens (tertiary/aromatic N) is 2. The summed E-state index contributed by atoms with van der Waals surface area (Å²) in [5.74, 6) is -9.08. The van der Waals surface area contributed by atoms with Crippen LogP contribution in [0.5, 0.6) is 5.75 Å². The second-order valence-corrected chi connectivity index (χ2v) is 18.3. The number of primary amides is 1. The van der Waals surface area contributed by atoms with Crippen molar-refractivity contribution in [2.45, 2.75) is 156 Å². The molecule has 1 saturated heterocycles. The quantitative estimate of drug-likeness (QED) is 0.131. The number of fused-ring (bicyclic) bond motifs is 2. The van der Waals surface area contributed by atoms with E-state index in [1.54, 1.807) is 52.8 Å². The molecule has 2 unspecified atom stereocenters. The van der Waals surface area contributed by atoms with Crippen LogP contribution in [0.25, 0.3) is 0 Å². The highest BCUT2D eigenvalue weighted by Gasteiger charge is 2.44. The molecular formula is C47H71N7O11. The molecule has 1 aromatic rings. The first-order valence-corrected chi connectivity index (χ1v) is 22.8. The lowest BCUT2D eigenvalue weighted by molar-refractivity contribution is -0.158. The number of nitrogens with one attached hydrogen (secondary N) is 4. The van der Waals surface area contributed by atoms with Gasteiger partial charge in [-0.3, -0.25) is 38.4 Å². The molecule has 18 nitrogen and oxygen atoms in total. The maximum absolute atomic E-state index is 14.8. The van der Waals surface area contributed by atoms with Crippen LogP contribution in [0.4, 0.5) is 0 Å². The largest absolute Gasteiger partial charge is 0.508 e. The molecule has 0 aliphatic carbocycles. The number of phenols is 1. The first kappa shape index (κ1) is 53.5. The molecule has 1 fully saturated rings. The van der Waals surface area contributed by atoms with E-state index in [-0.39, 0.29) is 56.0 Å². The van der Waals surface area contributed by atoms with Gasteiger partial charge in [-0.2, -0.15) is 0 Å². The number of benzene rings is 1. The van der Waals surface area contributed by atoms with Gasteiger partial charge in [0.05, 0.1) is 0 Å². The van der Waals surface area contributed by atoms with Crippen LogP contribution in [-0.4, -0.2) is 117 Å². The summed E-state index contributed by atoms with van der Waals surface area (Å²) >= 11 is 0. The summed E-state index contributed by atoms with van der Waals surface area (Å²) in [6.07, 6.45) is 1.96. The van der Waals surface area contributed by atoms with Gasteiger partial charge in [0.1, 0.15) is 53.9 Å². The molecule has 2 aliphatic heterocycles. The summed E-state index contributed by atoms with van der Waals surface area (Å²) in [6, 6.07) is -1.77. The number of cyclic esters (lactones) is 1. The number of phenolic OH excluding ortho intramolecular Hbond substituents is 1. The summed E-state index contributed by atoms with van der Waals surface area (Å²) in [6.45, 7) is 15.5. The Labute approximate surface area is 382 Å². The third kappa shape index (κ3) is 14.9. The average Bonchev–Trinajstić information content (AvgIpc) is 3.25. The SMILES string of the molecule is CCC(C)[C@@H]1NC(=O)[C@H](Cc2ccc(O)cc2)N(C)C(=O)[C@H](C(C)CC)N2C=CC[C@H](NC(=O)[C@H](CC(C)C)NC(=O)[C@@H](NC(=O)[C@H](CCC(N)=O)CC(=O)C(C)C)[C@@H](C)OC1=O)C2=O. The molecule has 2 bridgehead atoms. The molecule has 0 aromatic heterocycles. The number of ketones is 1. The van der Waals surface area contributed by atoms with Gasteiger partial charge < -0.3 is 46.6 Å². The monoisotopic (exact) mass is 910 g/mol. The van der Waals surface area contributed by atoms with E-state index in [1.807, 2.05) is 20.8 Å². The molecule has 1 aromatic carbocycles. The summed E-state index contributed by atoms with van der Waals surface area (Å²) < 4.78 is 5.93. The van der Waals surface area contributed by atoms with Crippen LogP contribution in [0, 0.1) is 29.6 Å². The number of aromatic hydroxyl groups is 1. The van der Waals surface area contributed by atoms with E-state index in [1.165, 1.54) is 42.1 Å². The highest BCUT2D eigenvalue weighted by molar-refractivity contribution is 5.98. The normalized spacial score (nSPS) is 25.3. The summed E-state index contributed by atoms with van der Waals surface area (Å²) in [4.78, 5) is 128. The molecule has 0 radical (unpaired) electrons. The number of nitrogens with two attached hydrogens (primary N) is 1. The molecule has 10 atom stereocenters. The minimum atomic E-state index is -1.67. The standard InChI is InChI=1S/C47H71N7O11/c1-11-27(7)38-47(64)65-29(9)39(52-41(58)31(17-20-37(48)57)24-36(56)26(5)6)44(61)50-34(22-25(3)4)42(59)49-33-14-13-21-54(45(33)62)40(28(8)12-2)46(63)53(10)35(43(60)51-38)23-30-15-18-32(55)19-16-30/h13,15-16,18-19,21,25-29,31,33-35,38-40,55H,11-12,14,17,20,22-24H2,1-10H3,(H2,48,57)(H,49,59)(H,50,61)(H,51,60)(H,52,58)/t27?,28?,29-,31-,33+,34+,35+,38+,39+,40+/m1/s1. The molecule has 18 heteroatoms. The van der Waals surface area contributed by atoms with Crippen molar-refractivity contribution in [3.63, 3.8) is 0 Å². The zero-order valence-electron chi connectivity index (χ0n) is 39.6. The van der Waals surface area contributed by atoms with Crippen LogP contribution in [0.15, 0.2) is 36.5 Å². The molecule has 65 heavy (non-hydrogen) atoms. The molecule has 0 saturated carbocycles. The molecule has 2 heterocycles. The number of Topliss-reactive ketones (excluding diaryl/α,β-unsaturated/α-hetero) is 1. The molecule has 3 rings (SSSR count). The number of hydrogen-bond donors (Lipinski definition) is 6. The smallest absolute Gasteiger partial charge is 0.329 e. The second-order valence-electron chi connectivity index (χ2n) is 18.3. The van der Waals surface area contributed by atoms with Gasteiger partial charge in [0.25, 0.3) is 0 Å². The Hall–Kier alpha value is -5.81. The first-order valence-electron chi connectivity index (χ1n) is 22.8. The van der Waals surface area contributed by atoms with Crippen LogP contribution < -0.4 is 27.0 Å². The number of esters is 1. The van der Waals surface area contributed by atoms with Crippen molar-refractivity contribution in [1.82, 2.24) is 31.1 Å². The van der Waals surface area contributed by atoms with Gasteiger partial charge in [0, 0.05) is 44.3 Å². The number of hydrogen-bond acceptors (Lipinski definition) is 11. The predicted molar refractivity (Wildman–Crippen MR) is 241 cm³/mol. The van der Waals surface area contributed by atoms with Crippen LogP contribution >= 0.6 is 0 Å². The van der Waals surface area contributed by atoms with Gasteiger partial charge in [-0.25, -0.2) is 4.79 Å². The third-order valence-electron chi connectivity index (χ3n) is 12.4. The Bertz CT molecular complexity index is 1920. The molecular weight excluding hydrogens is 839 g/mol. The number of likely N-dealkylation sites (N-methyl/N-ethyl adjacent to an activating group) is 1. The van der Waals surface area contributed by atoms with Gasteiger partial charge in [0.15, 0.2) is 0 Å². The Kier molecular flexibility index (Phi) is 20.2. The highest BCUT2D eigenvalue weighted by atomic mass is 16.5. The second kappa shape index (κ2) is 24.5. The van der Waals surface area contributed by atoms with E-state index >= 15 is 0 Å². The van der Waals surface area contributed by atoms with Gasteiger partial charge in [-0.05, 0) is 61.6 Å². The number of amides is 7. The number of ether oxygens (including phenoxy) is 1. The Morgan fingerprint density at radius 3 is 2.08 bits per heavy atom. The first-order chi connectivity index (χ1) is 30.5. The molecule has 7 N–H and O–H groups in total. The molecule has 2 aliphatic rings. The van der Waals surface area contributed by atoms with Crippen LogP contribution in [-0.2, 0) is 54.3 Å². The molecule has 0 spiro atoms. The van der Waals surface area contributed by atoms with Gasteiger partial charge in [-0.1, -0.05) is 86.4 Å². The minimum absolute atomic E-state index is 0.0188. The average molecular weight is 910 g/mol. The number of carbonyl (C=O) groups excluding carboxylic acids is 9. The van der Waals surface area contributed by atoms with E-state index in [0.29, 0.717) is 18.4 Å². The van der Waals surface area contributed by atoms with Crippen molar-refractivity contribution < 1.29 is 53.0 Å². The topological polar surface area (TPSA) is 264 Å². The predicted octanol–water partition coefficient (Wildman–Crippen LogP) is 2.40. The van der Waals surface area contributed by atoms with Crippen molar-refractivity contribution in [2.24, 2.45) is 35.3 Å². The van der Waals surface area contributed by atoms with Crippen molar-refractivity contribution in [3.8, 4) is 5.75 Å². The zero-order valence-corrected chi connectivity index (χ0v) is 39.6. The van der Waals surface area contributed by atoms with Crippen molar-refractivity contribution in [1.29, 1.82) is 0 Å². The summed E-state index contributed by atoms with van der Waals surface area (Å²) in [7, 11) is 1.44. The third-order valence-corrected chi connectivity index (χ3v) is 12.4. The van der Waals surface area contributed by atoms with Crippen molar-refractivity contribution in [3.05, 3.63) is 42.1 Å². The van der Waals surface area contributed by atoms with Gasteiger partial charge >= 0.3 is 5.97 Å².